The van der Waals surface area contributed by atoms with Gasteiger partial charge in [-0.25, -0.2) is 12.8 Å². The number of halogens is 1. The Labute approximate surface area is 117 Å². The molecule has 0 fully saturated rings. The normalized spacial score (nSPS) is 13.2. The fraction of sp³-hybridized carbons (Fsp3) is 0.417. The number of nitrogens with two attached hydrogens (primary N) is 1. The molecule has 4 N–H and O–H groups in total. The molecule has 0 radical (unpaired) electrons. The average Bonchev–Trinajstić information content (AvgIpc) is 2.26. The third-order valence-electron chi connectivity index (χ3n) is 2.42. The molecule has 0 spiro atoms. The highest BCUT2D eigenvalue weighted by Gasteiger charge is 2.26. The van der Waals surface area contributed by atoms with Crippen LogP contribution in [0.2, 0.25) is 0 Å². The van der Waals surface area contributed by atoms with E-state index in [1.165, 1.54) is 19.1 Å². The third-order valence-corrected chi connectivity index (χ3v) is 4.05. The Morgan fingerprint density at radius 3 is 2.40 bits per heavy atom. The predicted octanol–water partition coefficient (Wildman–Crippen LogP) is 0.599. The van der Waals surface area contributed by atoms with Crippen LogP contribution in [0.1, 0.15) is 20.8 Å². The quantitative estimate of drug-likeness (QED) is 0.693. The van der Waals surface area contributed by atoms with Gasteiger partial charge in [-0.15, -0.1) is 0 Å². The topological polar surface area (TPSA) is 101 Å². The second kappa shape index (κ2) is 6.19. The smallest absolute Gasteiger partial charge is 0.246 e. The summed E-state index contributed by atoms with van der Waals surface area (Å²) in [6, 6.07) is 2.40. The van der Waals surface area contributed by atoms with E-state index in [0.29, 0.717) is 0 Å². The zero-order valence-corrected chi connectivity index (χ0v) is 12.3. The summed E-state index contributed by atoms with van der Waals surface area (Å²) in [6.07, 6.45) is 0. The summed E-state index contributed by atoms with van der Waals surface area (Å²) in [4.78, 5) is 11.0. The summed E-state index contributed by atoms with van der Waals surface area (Å²) in [5.74, 6) is -1.47. The van der Waals surface area contributed by atoms with Crippen LogP contribution in [-0.4, -0.2) is 26.4 Å². The predicted molar refractivity (Wildman–Crippen MR) is 73.9 cm³/mol. The number of carbonyl (C=O) groups excluding carboxylic acids is 1. The number of nitrogens with one attached hydrogen (secondary N) is 2. The van der Waals surface area contributed by atoms with Crippen LogP contribution in [-0.2, 0) is 14.8 Å². The highest BCUT2D eigenvalue weighted by atomic mass is 32.2. The molecular formula is C12H18FN3O3S. The summed E-state index contributed by atoms with van der Waals surface area (Å²) in [6.45, 7) is 4.86. The van der Waals surface area contributed by atoms with E-state index in [4.69, 9.17) is 5.73 Å². The molecule has 1 aromatic rings. The first-order chi connectivity index (χ1) is 9.15. The van der Waals surface area contributed by atoms with E-state index in [2.05, 4.69) is 10.0 Å². The van der Waals surface area contributed by atoms with E-state index in [1.807, 2.05) is 0 Å². The molecule has 1 unspecified atom stereocenters. The molecule has 0 heterocycles. The van der Waals surface area contributed by atoms with Gasteiger partial charge in [0.15, 0.2) is 0 Å². The van der Waals surface area contributed by atoms with Crippen LogP contribution in [0.5, 0.6) is 0 Å². The number of anilines is 1. The molecule has 1 aromatic carbocycles. The van der Waals surface area contributed by atoms with Crippen LogP contribution in [0.25, 0.3) is 0 Å². The second-order valence-corrected chi connectivity index (χ2v) is 6.32. The van der Waals surface area contributed by atoms with E-state index in [-0.39, 0.29) is 11.7 Å². The van der Waals surface area contributed by atoms with Crippen molar-refractivity contribution < 1.29 is 17.6 Å². The SMILES string of the molecule is CC(C)NC(=O)C(C)NS(=O)(=O)c1c(N)cccc1F. The van der Waals surface area contributed by atoms with Gasteiger partial charge in [0.1, 0.15) is 10.7 Å². The van der Waals surface area contributed by atoms with Gasteiger partial charge in [0.05, 0.1) is 11.7 Å². The Kier molecular flexibility index (Phi) is 5.07. The molecular weight excluding hydrogens is 285 g/mol. The number of carbonyl (C=O) groups is 1. The lowest BCUT2D eigenvalue weighted by Crippen LogP contribution is -2.46. The van der Waals surface area contributed by atoms with E-state index >= 15 is 0 Å². The monoisotopic (exact) mass is 303 g/mol. The molecule has 0 aliphatic carbocycles. The van der Waals surface area contributed by atoms with Gasteiger partial charge in [0.2, 0.25) is 15.9 Å². The van der Waals surface area contributed by atoms with Gasteiger partial charge < -0.3 is 11.1 Å². The summed E-state index contributed by atoms with van der Waals surface area (Å²) < 4.78 is 39.8. The van der Waals surface area contributed by atoms with E-state index in [1.54, 1.807) is 13.8 Å². The number of rotatable bonds is 5. The first kappa shape index (κ1) is 16.4. The van der Waals surface area contributed by atoms with E-state index < -0.39 is 32.7 Å². The van der Waals surface area contributed by atoms with Crippen molar-refractivity contribution in [2.75, 3.05) is 5.73 Å². The first-order valence-electron chi connectivity index (χ1n) is 6.02. The maximum atomic E-state index is 13.6. The Morgan fingerprint density at radius 2 is 1.90 bits per heavy atom. The van der Waals surface area contributed by atoms with Gasteiger partial charge in [-0.1, -0.05) is 6.07 Å². The number of sulfonamides is 1. The van der Waals surface area contributed by atoms with Gasteiger partial charge in [-0.05, 0) is 32.9 Å². The number of benzene rings is 1. The molecule has 0 saturated heterocycles. The van der Waals surface area contributed by atoms with Crippen LogP contribution in [0, 0.1) is 5.82 Å². The summed E-state index contributed by atoms with van der Waals surface area (Å²) in [5, 5.41) is 2.55. The van der Waals surface area contributed by atoms with Crippen molar-refractivity contribution in [1.82, 2.24) is 10.0 Å². The molecule has 0 saturated carbocycles. The van der Waals surface area contributed by atoms with Crippen molar-refractivity contribution in [3.63, 3.8) is 0 Å². The average molecular weight is 303 g/mol. The van der Waals surface area contributed by atoms with Crippen LogP contribution in [0.4, 0.5) is 10.1 Å². The maximum Gasteiger partial charge on any atom is 0.246 e. The van der Waals surface area contributed by atoms with Gasteiger partial charge in [0.25, 0.3) is 0 Å². The van der Waals surface area contributed by atoms with Gasteiger partial charge in [-0.2, -0.15) is 4.72 Å². The van der Waals surface area contributed by atoms with Crippen molar-refractivity contribution in [1.29, 1.82) is 0 Å². The van der Waals surface area contributed by atoms with Crippen molar-refractivity contribution in [3.05, 3.63) is 24.0 Å². The molecule has 1 amide bonds. The van der Waals surface area contributed by atoms with Crippen LogP contribution in [0.3, 0.4) is 0 Å². The largest absolute Gasteiger partial charge is 0.398 e. The molecule has 0 aliphatic heterocycles. The number of amides is 1. The lowest BCUT2D eigenvalue weighted by atomic mass is 10.3. The van der Waals surface area contributed by atoms with Crippen molar-refractivity contribution in [3.8, 4) is 0 Å². The highest BCUT2D eigenvalue weighted by molar-refractivity contribution is 7.89. The molecule has 0 aliphatic rings. The zero-order chi connectivity index (χ0) is 15.5. The summed E-state index contributed by atoms with van der Waals surface area (Å²) >= 11 is 0. The Balaban J connectivity index is 2.99. The Hall–Kier alpha value is -1.67. The molecule has 1 rings (SSSR count). The molecule has 8 heteroatoms. The van der Waals surface area contributed by atoms with Gasteiger partial charge in [-0.3, -0.25) is 4.79 Å². The number of hydrogen-bond acceptors (Lipinski definition) is 4. The van der Waals surface area contributed by atoms with Crippen LogP contribution < -0.4 is 15.8 Å². The minimum absolute atomic E-state index is 0.131. The lowest BCUT2D eigenvalue weighted by molar-refractivity contribution is -0.122. The van der Waals surface area contributed by atoms with E-state index in [9.17, 15) is 17.6 Å². The highest BCUT2D eigenvalue weighted by Crippen LogP contribution is 2.21. The van der Waals surface area contributed by atoms with Crippen molar-refractivity contribution >= 4 is 21.6 Å². The van der Waals surface area contributed by atoms with E-state index in [0.717, 1.165) is 6.07 Å². The summed E-state index contributed by atoms with van der Waals surface area (Å²) in [7, 11) is -4.21. The van der Waals surface area contributed by atoms with Crippen molar-refractivity contribution in [2.45, 2.75) is 37.8 Å². The third kappa shape index (κ3) is 3.91. The molecule has 20 heavy (non-hydrogen) atoms. The molecule has 1 atom stereocenters. The minimum Gasteiger partial charge on any atom is -0.398 e. The van der Waals surface area contributed by atoms with Crippen molar-refractivity contribution in [2.24, 2.45) is 0 Å². The maximum absolute atomic E-state index is 13.6. The second-order valence-electron chi connectivity index (χ2n) is 4.66. The van der Waals surface area contributed by atoms with Gasteiger partial charge >= 0.3 is 0 Å². The fourth-order valence-corrected chi connectivity index (χ4v) is 2.96. The van der Waals surface area contributed by atoms with Gasteiger partial charge in [0, 0.05) is 6.04 Å². The molecule has 0 bridgehead atoms. The standard InChI is InChI=1S/C12H18FN3O3S/c1-7(2)15-12(17)8(3)16-20(18,19)11-9(13)5-4-6-10(11)14/h4-8,16H,14H2,1-3H3,(H,15,17). The lowest BCUT2D eigenvalue weighted by Gasteiger charge is -2.17. The van der Waals surface area contributed by atoms with Crippen LogP contribution >= 0.6 is 0 Å². The molecule has 0 aromatic heterocycles. The molecule has 112 valence electrons. The summed E-state index contributed by atoms with van der Waals surface area (Å²) in [5.41, 5.74) is 5.27. The first-order valence-corrected chi connectivity index (χ1v) is 7.50. The Morgan fingerprint density at radius 1 is 1.30 bits per heavy atom. The zero-order valence-electron chi connectivity index (χ0n) is 11.5. The molecule has 6 nitrogen and oxygen atoms in total. The fourth-order valence-electron chi connectivity index (χ4n) is 1.56. The van der Waals surface area contributed by atoms with Crippen LogP contribution in [0.15, 0.2) is 23.1 Å². The number of hydrogen-bond donors (Lipinski definition) is 3. The number of nitrogen functional groups attached to an aromatic ring is 1. The Bertz CT molecular complexity index is 582. The minimum atomic E-state index is -4.21.